The summed E-state index contributed by atoms with van der Waals surface area (Å²) in [5.41, 5.74) is 1.57. The monoisotopic (exact) mass is 329 g/mol. The largest absolute Gasteiger partial charge is 0.302 e. The van der Waals surface area contributed by atoms with Crippen molar-refractivity contribution in [2.75, 3.05) is 13.1 Å². The van der Waals surface area contributed by atoms with Gasteiger partial charge in [-0.15, -0.1) is 0 Å². The van der Waals surface area contributed by atoms with Crippen molar-refractivity contribution in [2.24, 2.45) is 13.0 Å². The molecule has 128 valence electrons. The van der Waals surface area contributed by atoms with Crippen LogP contribution in [-0.2, 0) is 20.1 Å². The summed E-state index contributed by atoms with van der Waals surface area (Å²) in [5.74, 6) is 0.449. The molecule has 7 nitrogen and oxygen atoms in total. The third-order valence-corrected chi connectivity index (χ3v) is 4.60. The number of nitrogens with zero attached hydrogens (tertiary/aromatic N) is 5. The molecule has 0 unspecified atom stereocenters. The molecular weight excluding hydrogens is 306 g/mol. The Balaban J connectivity index is 1.58. The van der Waals surface area contributed by atoms with E-state index in [0.717, 1.165) is 37.2 Å². The summed E-state index contributed by atoms with van der Waals surface area (Å²) in [6.07, 6.45) is 5.20. The van der Waals surface area contributed by atoms with Gasteiger partial charge in [0.25, 0.3) is 11.1 Å². The van der Waals surface area contributed by atoms with E-state index < -0.39 is 0 Å². The highest BCUT2D eigenvalue weighted by molar-refractivity contribution is 5.04. The molecule has 2 aromatic heterocycles. The highest BCUT2D eigenvalue weighted by atomic mass is 16.1. The standard InChI is InChI=1S/C17H23N5O2/c1-13-3-4-16(23)22(19-13)10-14-5-7-21(8-6-14)11-15-9-18-12-20(2)17(15)24/h3-4,9,12,14H,5-8,10-11H2,1-2H3. The normalized spacial score (nSPS) is 16.4. The van der Waals surface area contributed by atoms with Gasteiger partial charge in [0, 0.05) is 38.0 Å². The molecule has 0 aromatic carbocycles. The Hall–Kier alpha value is -2.28. The van der Waals surface area contributed by atoms with Crippen molar-refractivity contribution >= 4 is 0 Å². The number of piperidine rings is 1. The van der Waals surface area contributed by atoms with E-state index >= 15 is 0 Å². The lowest BCUT2D eigenvalue weighted by Gasteiger charge is -2.31. The van der Waals surface area contributed by atoms with E-state index in [2.05, 4.69) is 15.0 Å². The van der Waals surface area contributed by atoms with Crippen molar-refractivity contribution in [2.45, 2.75) is 32.9 Å². The summed E-state index contributed by atoms with van der Waals surface area (Å²) < 4.78 is 3.09. The number of hydrogen-bond donors (Lipinski definition) is 0. The maximum absolute atomic E-state index is 12.1. The zero-order chi connectivity index (χ0) is 17.1. The molecule has 1 aliphatic rings. The average molecular weight is 329 g/mol. The topological polar surface area (TPSA) is 73.0 Å². The number of likely N-dealkylation sites (tertiary alicyclic amines) is 1. The van der Waals surface area contributed by atoms with Gasteiger partial charge in [-0.2, -0.15) is 5.10 Å². The smallest absolute Gasteiger partial charge is 0.266 e. The molecule has 3 heterocycles. The van der Waals surface area contributed by atoms with Crippen molar-refractivity contribution in [1.29, 1.82) is 0 Å². The summed E-state index contributed by atoms with van der Waals surface area (Å²) in [6, 6.07) is 3.32. The van der Waals surface area contributed by atoms with E-state index in [1.54, 1.807) is 30.1 Å². The van der Waals surface area contributed by atoms with Crippen LogP contribution in [0.25, 0.3) is 0 Å². The quantitative estimate of drug-likeness (QED) is 0.819. The lowest BCUT2D eigenvalue weighted by Crippen LogP contribution is -2.38. The van der Waals surface area contributed by atoms with Crippen molar-refractivity contribution in [3.63, 3.8) is 0 Å². The van der Waals surface area contributed by atoms with Crippen LogP contribution in [0.5, 0.6) is 0 Å². The molecule has 24 heavy (non-hydrogen) atoms. The fourth-order valence-electron chi connectivity index (χ4n) is 3.16. The summed E-state index contributed by atoms with van der Waals surface area (Å²) in [5, 5.41) is 4.31. The van der Waals surface area contributed by atoms with Gasteiger partial charge in [-0.05, 0) is 44.8 Å². The first-order valence-electron chi connectivity index (χ1n) is 8.29. The SMILES string of the molecule is Cc1ccc(=O)n(CC2CCN(Cc3cncn(C)c3=O)CC2)n1. The first kappa shape index (κ1) is 16.6. The molecule has 0 saturated carbocycles. The highest BCUT2D eigenvalue weighted by Gasteiger charge is 2.21. The molecule has 1 fully saturated rings. The molecule has 7 heteroatoms. The van der Waals surface area contributed by atoms with E-state index in [1.807, 2.05) is 6.92 Å². The van der Waals surface area contributed by atoms with Crippen LogP contribution in [0.2, 0.25) is 0 Å². The first-order valence-corrected chi connectivity index (χ1v) is 8.29. The second-order valence-corrected chi connectivity index (χ2v) is 6.55. The van der Waals surface area contributed by atoms with Gasteiger partial charge in [-0.1, -0.05) is 0 Å². The number of rotatable bonds is 4. The molecule has 0 spiro atoms. The predicted molar refractivity (Wildman–Crippen MR) is 90.7 cm³/mol. The van der Waals surface area contributed by atoms with Gasteiger partial charge in [0.15, 0.2) is 0 Å². The third-order valence-electron chi connectivity index (χ3n) is 4.60. The summed E-state index contributed by atoms with van der Waals surface area (Å²) in [6.45, 7) is 5.04. The zero-order valence-electron chi connectivity index (χ0n) is 14.2. The zero-order valence-corrected chi connectivity index (χ0v) is 14.2. The van der Waals surface area contributed by atoms with E-state index in [-0.39, 0.29) is 11.1 Å². The molecule has 0 radical (unpaired) electrons. The fourth-order valence-corrected chi connectivity index (χ4v) is 3.16. The molecule has 0 bridgehead atoms. The Labute approximate surface area is 140 Å². The maximum Gasteiger partial charge on any atom is 0.266 e. The average Bonchev–Trinajstić information content (AvgIpc) is 2.57. The van der Waals surface area contributed by atoms with Gasteiger partial charge < -0.3 is 4.57 Å². The summed E-state index contributed by atoms with van der Waals surface area (Å²) in [7, 11) is 1.72. The second kappa shape index (κ2) is 7.09. The molecular formula is C17H23N5O2. The Kier molecular flexibility index (Phi) is 4.89. The molecule has 0 amide bonds. The number of hydrogen-bond acceptors (Lipinski definition) is 5. The van der Waals surface area contributed by atoms with E-state index in [4.69, 9.17) is 0 Å². The van der Waals surface area contributed by atoms with Crippen molar-refractivity contribution in [1.82, 2.24) is 24.2 Å². The predicted octanol–water partition coefficient (Wildman–Crippen LogP) is 0.558. The molecule has 0 aliphatic carbocycles. The van der Waals surface area contributed by atoms with Crippen LogP contribution in [0.4, 0.5) is 0 Å². The van der Waals surface area contributed by atoms with Crippen molar-refractivity contribution in [3.8, 4) is 0 Å². The molecule has 1 aliphatic heterocycles. The van der Waals surface area contributed by atoms with Crippen LogP contribution in [0.1, 0.15) is 24.1 Å². The van der Waals surface area contributed by atoms with Crippen LogP contribution in [0.3, 0.4) is 0 Å². The van der Waals surface area contributed by atoms with Gasteiger partial charge in [0.05, 0.1) is 12.0 Å². The summed E-state index contributed by atoms with van der Waals surface area (Å²) in [4.78, 5) is 30.3. The molecule has 3 rings (SSSR count). The Morgan fingerprint density at radius 3 is 2.71 bits per heavy atom. The van der Waals surface area contributed by atoms with E-state index in [1.165, 1.54) is 10.9 Å². The number of aromatic nitrogens is 4. The van der Waals surface area contributed by atoms with Gasteiger partial charge in [-0.25, -0.2) is 9.67 Å². The maximum atomic E-state index is 12.1. The van der Waals surface area contributed by atoms with Crippen LogP contribution in [-0.4, -0.2) is 37.3 Å². The van der Waals surface area contributed by atoms with Gasteiger partial charge in [0.1, 0.15) is 0 Å². The first-order chi connectivity index (χ1) is 11.5. The lowest BCUT2D eigenvalue weighted by atomic mass is 9.96. The minimum atomic E-state index is -0.0399. The van der Waals surface area contributed by atoms with E-state index in [0.29, 0.717) is 19.0 Å². The number of aryl methyl sites for hydroxylation is 2. The minimum Gasteiger partial charge on any atom is -0.302 e. The molecule has 0 atom stereocenters. The molecule has 2 aromatic rings. The van der Waals surface area contributed by atoms with Crippen LogP contribution in [0, 0.1) is 12.8 Å². The van der Waals surface area contributed by atoms with Crippen molar-refractivity contribution < 1.29 is 0 Å². The highest BCUT2D eigenvalue weighted by Crippen LogP contribution is 2.19. The Bertz CT molecular complexity index is 806. The fraction of sp³-hybridized carbons (Fsp3) is 0.529. The Morgan fingerprint density at radius 1 is 1.21 bits per heavy atom. The minimum absolute atomic E-state index is 0.0163. The van der Waals surface area contributed by atoms with Crippen molar-refractivity contribution in [3.05, 3.63) is 56.6 Å². The van der Waals surface area contributed by atoms with Gasteiger partial charge >= 0.3 is 0 Å². The molecule has 0 N–H and O–H groups in total. The van der Waals surface area contributed by atoms with Crippen LogP contribution < -0.4 is 11.1 Å². The Morgan fingerprint density at radius 2 is 1.96 bits per heavy atom. The second-order valence-electron chi connectivity index (χ2n) is 6.55. The van der Waals surface area contributed by atoms with Gasteiger partial charge in [0.2, 0.25) is 0 Å². The third kappa shape index (κ3) is 3.79. The lowest BCUT2D eigenvalue weighted by molar-refractivity contribution is 0.162. The van der Waals surface area contributed by atoms with E-state index in [9.17, 15) is 9.59 Å². The molecule has 1 saturated heterocycles. The summed E-state index contributed by atoms with van der Waals surface area (Å²) >= 11 is 0. The van der Waals surface area contributed by atoms with Crippen LogP contribution >= 0.6 is 0 Å². The van der Waals surface area contributed by atoms with Crippen LogP contribution in [0.15, 0.2) is 34.2 Å². The van der Waals surface area contributed by atoms with Gasteiger partial charge in [-0.3, -0.25) is 14.5 Å².